The first-order valence-corrected chi connectivity index (χ1v) is 6.39. The zero-order chi connectivity index (χ0) is 13.7. The quantitative estimate of drug-likeness (QED) is 0.862. The summed E-state index contributed by atoms with van der Waals surface area (Å²) in [5, 5.41) is 16.6. The number of aromatic nitrogens is 4. The van der Waals surface area contributed by atoms with Gasteiger partial charge in [0.1, 0.15) is 0 Å². The van der Waals surface area contributed by atoms with Gasteiger partial charge in [0, 0.05) is 17.2 Å². The van der Waals surface area contributed by atoms with E-state index >= 15 is 0 Å². The minimum atomic E-state index is 0.0666. The maximum Gasteiger partial charge on any atom is 0.227 e. The summed E-state index contributed by atoms with van der Waals surface area (Å²) >= 11 is 0. The van der Waals surface area contributed by atoms with Crippen LogP contribution in [0.25, 0.3) is 11.4 Å². The average Bonchev–Trinajstić information content (AvgIpc) is 2.95. The highest BCUT2D eigenvalue weighted by Crippen LogP contribution is 2.18. The first-order valence-electron chi connectivity index (χ1n) is 6.39. The largest absolute Gasteiger partial charge is 0.326 e. The predicted octanol–water partition coefficient (Wildman–Crippen LogP) is 2.24. The summed E-state index contributed by atoms with van der Waals surface area (Å²) in [5.74, 6) is 0.673. The molecule has 1 amide bonds. The van der Waals surface area contributed by atoms with Gasteiger partial charge in [-0.2, -0.15) is 5.21 Å². The molecule has 1 aromatic heterocycles. The fourth-order valence-electron chi connectivity index (χ4n) is 1.89. The third kappa shape index (κ3) is 3.15. The number of carbonyl (C=O) groups excluding carboxylic acids is 1. The van der Waals surface area contributed by atoms with Crippen LogP contribution in [0.2, 0.25) is 0 Å². The fourth-order valence-corrected chi connectivity index (χ4v) is 1.89. The van der Waals surface area contributed by atoms with Crippen molar-refractivity contribution in [2.75, 3.05) is 5.32 Å². The van der Waals surface area contributed by atoms with Crippen LogP contribution >= 0.6 is 0 Å². The third-order valence-corrected chi connectivity index (χ3v) is 3.11. The maximum absolute atomic E-state index is 11.9. The molecule has 0 spiro atoms. The van der Waals surface area contributed by atoms with Crippen molar-refractivity contribution in [3.8, 4) is 11.4 Å². The molecule has 0 unspecified atom stereocenters. The molecule has 1 heterocycles. The number of amides is 1. The molecule has 19 heavy (non-hydrogen) atoms. The molecular formula is C13H17N5O. The molecule has 1 aromatic carbocycles. The second-order valence-corrected chi connectivity index (χ2v) is 4.32. The van der Waals surface area contributed by atoms with E-state index < -0.39 is 0 Å². The Morgan fingerprint density at radius 2 is 1.95 bits per heavy atom. The number of hydrogen-bond acceptors (Lipinski definition) is 4. The van der Waals surface area contributed by atoms with Gasteiger partial charge in [-0.25, -0.2) is 0 Å². The van der Waals surface area contributed by atoms with E-state index in [0.717, 1.165) is 24.1 Å². The van der Waals surface area contributed by atoms with Crippen molar-refractivity contribution in [3.63, 3.8) is 0 Å². The van der Waals surface area contributed by atoms with Gasteiger partial charge in [-0.3, -0.25) is 4.79 Å². The number of hydrogen-bond donors (Lipinski definition) is 2. The lowest BCUT2D eigenvalue weighted by Gasteiger charge is -2.12. The molecule has 0 aliphatic carbocycles. The summed E-state index contributed by atoms with van der Waals surface area (Å²) in [7, 11) is 0. The van der Waals surface area contributed by atoms with Crippen LogP contribution < -0.4 is 5.32 Å². The van der Waals surface area contributed by atoms with Crippen molar-refractivity contribution < 1.29 is 4.79 Å². The molecule has 0 aliphatic heterocycles. The first kappa shape index (κ1) is 13.2. The molecular weight excluding hydrogens is 242 g/mol. The minimum absolute atomic E-state index is 0.0666. The van der Waals surface area contributed by atoms with Crippen molar-refractivity contribution in [1.29, 1.82) is 0 Å². The average molecular weight is 259 g/mol. The number of anilines is 1. The Kier molecular flexibility index (Phi) is 4.22. The van der Waals surface area contributed by atoms with Crippen molar-refractivity contribution in [2.24, 2.45) is 5.92 Å². The van der Waals surface area contributed by atoms with Crippen LogP contribution in [0.1, 0.15) is 26.7 Å². The molecule has 6 heteroatoms. The highest BCUT2D eigenvalue weighted by atomic mass is 16.1. The van der Waals surface area contributed by atoms with Gasteiger partial charge in [-0.1, -0.05) is 13.8 Å². The second-order valence-electron chi connectivity index (χ2n) is 4.32. The number of nitrogens with zero attached hydrogens (tertiary/aromatic N) is 3. The van der Waals surface area contributed by atoms with Gasteiger partial charge < -0.3 is 5.32 Å². The number of rotatable bonds is 5. The lowest BCUT2D eigenvalue weighted by atomic mass is 10.0. The van der Waals surface area contributed by atoms with Crippen LogP contribution in [-0.4, -0.2) is 26.5 Å². The van der Waals surface area contributed by atoms with Gasteiger partial charge in [0.15, 0.2) is 0 Å². The van der Waals surface area contributed by atoms with E-state index in [2.05, 4.69) is 25.9 Å². The molecule has 6 nitrogen and oxygen atoms in total. The Hall–Kier alpha value is -2.24. The van der Waals surface area contributed by atoms with Gasteiger partial charge in [-0.15, -0.1) is 10.2 Å². The normalized spacial score (nSPS) is 10.7. The van der Waals surface area contributed by atoms with E-state index in [4.69, 9.17) is 0 Å². The number of carbonyl (C=O) groups is 1. The summed E-state index contributed by atoms with van der Waals surface area (Å²) in [5.41, 5.74) is 1.64. The topological polar surface area (TPSA) is 83.6 Å². The van der Waals surface area contributed by atoms with Crippen LogP contribution in [0.15, 0.2) is 24.3 Å². The summed E-state index contributed by atoms with van der Waals surface area (Å²) < 4.78 is 0. The number of nitrogens with one attached hydrogen (secondary N) is 2. The van der Waals surface area contributed by atoms with E-state index in [9.17, 15) is 4.79 Å². The summed E-state index contributed by atoms with van der Waals surface area (Å²) in [6.07, 6.45) is 1.70. The van der Waals surface area contributed by atoms with Gasteiger partial charge in [0.25, 0.3) is 0 Å². The monoisotopic (exact) mass is 259 g/mol. The molecule has 0 atom stereocenters. The molecule has 0 radical (unpaired) electrons. The lowest BCUT2D eigenvalue weighted by Crippen LogP contribution is -2.21. The predicted molar refractivity (Wildman–Crippen MR) is 72.3 cm³/mol. The van der Waals surface area contributed by atoms with Gasteiger partial charge in [-0.05, 0) is 42.3 Å². The van der Waals surface area contributed by atoms with Gasteiger partial charge in [0.2, 0.25) is 11.7 Å². The van der Waals surface area contributed by atoms with Crippen molar-refractivity contribution >= 4 is 11.6 Å². The molecule has 2 aromatic rings. The van der Waals surface area contributed by atoms with E-state index in [0.29, 0.717) is 5.82 Å². The number of H-pyrrole nitrogens is 1. The van der Waals surface area contributed by atoms with Crippen molar-refractivity contribution in [3.05, 3.63) is 24.3 Å². The van der Waals surface area contributed by atoms with E-state index in [1.54, 1.807) is 0 Å². The SMILES string of the molecule is CCC(CC)C(=O)Nc1ccc(-c2nn[nH]n2)cc1. The van der Waals surface area contributed by atoms with Crippen LogP contribution in [0.3, 0.4) is 0 Å². The van der Waals surface area contributed by atoms with Crippen molar-refractivity contribution in [1.82, 2.24) is 20.6 Å². The first-order chi connectivity index (χ1) is 9.24. The van der Waals surface area contributed by atoms with Gasteiger partial charge >= 0.3 is 0 Å². The van der Waals surface area contributed by atoms with Crippen LogP contribution in [-0.2, 0) is 4.79 Å². The number of aromatic amines is 1. The lowest BCUT2D eigenvalue weighted by molar-refractivity contribution is -0.120. The van der Waals surface area contributed by atoms with Crippen molar-refractivity contribution in [2.45, 2.75) is 26.7 Å². The van der Waals surface area contributed by atoms with Crippen LogP contribution in [0.4, 0.5) is 5.69 Å². The molecule has 0 saturated carbocycles. The minimum Gasteiger partial charge on any atom is -0.326 e. The molecule has 0 aliphatic rings. The molecule has 2 N–H and O–H groups in total. The smallest absolute Gasteiger partial charge is 0.227 e. The molecule has 2 rings (SSSR count). The second kappa shape index (κ2) is 6.08. The Morgan fingerprint density at radius 3 is 2.47 bits per heavy atom. The summed E-state index contributed by atoms with van der Waals surface area (Å²) in [4.78, 5) is 11.9. The highest BCUT2D eigenvalue weighted by Gasteiger charge is 2.14. The zero-order valence-corrected chi connectivity index (χ0v) is 11.1. The Morgan fingerprint density at radius 1 is 1.26 bits per heavy atom. The number of tetrazole rings is 1. The van der Waals surface area contributed by atoms with E-state index in [1.807, 2.05) is 38.1 Å². The van der Waals surface area contributed by atoms with Crippen LogP contribution in [0, 0.1) is 5.92 Å². The molecule has 100 valence electrons. The Labute approximate surface area is 111 Å². The third-order valence-electron chi connectivity index (χ3n) is 3.11. The fraction of sp³-hybridized carbons (Fsp3) is 0.385. The molecule has 0 fully saturated rings. The van der Waals surface area contributed by atoms with E-state index in [1.165, 1.54) is 0 Å². The van der Waals surface area contributed by atoms with Crippen LogP contribution in [0.5, 0.6) is 0 Å². The molecule has 0 bridgehead atoms. The number of benzene rings is 1. The summed E-state index contributed by atoms with van der Waals surface area (Å²) in [6, 6.07) is 7.39. The zero-order valence-electron chi connectivity index (χ0n) is 11.1. The summed E-state index contributed by atoms with van der Waals surface area (Å²) in [6.45, 7) is 4.04. The molecule has 0 saturated heterocycles. The Bertz CT molecular complexity index is 516. The Balaban J connectivity index is 2.05. The maximum atomic E-state index is 11.9. The van der Waals surface area contributed by atoms with Gasteiger partial charge in [0.05, 0.1) is 0 Å². The standard InChI is InChI=1S/C13H17N5O/c1-3-9(4-2)13(19)14-11-7-5-10(6-8-11)12-15-17-18-16-12/h5-9H,3-4H2,1-2H3,(H,14,19)(H,15,16,17,18). The highest BCUT2D eigenvalue weighted by molar-refractivity contribution is 5.92. The van der Waals surface area contributed by atoms with E-state index in [-0.39, 0.29) is 11.8 Å².